The van der Waals surface area contributed by atoms with E-state index in [9.17, 15) is 0 Å². The van der Waals surface area contributed by atoms with Crippen LogP contribution in [0.2, 0.25) is 0 Å². The van der Waals surface area contributed by atoms with Gasteiger partial charge in [0.2, 0.25) is 0 Å². The lowest BCUT2D eigenvalue weighted by Crippen LogP contribution is -2.38. The SMILES string of the molecule is Cc1c(C)c(C)c2c(c1C)-c1c(C)c(C)c(C)c(C)c1C21c2c(C)c(C)c(C)c(C)c2-c2c(C)c(C)c(C)c(CN3CCC3)c21. The molecule has 0 atom stereocenters. The van der Waals surface area contributed by atoms with E-state index >= 15 is 0 Å². The van der Waals surface area contributed by atoms with Gasteiger partial charge in [0.1, 0.15) is 0 Å². The maximum absolute atomic E-state index is 2.69. The zero-order valence-corrected chi connectivity index (χ0v) is 30.8. The molecule has 1 heterocycles. The zero-order valence-electron chi connectivity index (χ0n) is 30.8. The fourth-order valence-corrected chi connectivity index (χ4v) is 9.94. The van der Waals surface area contributed by atoms with Crippen molar-refractivity contribution in [2.45, 2.75) is 122 Å². The van der Waals surface area contributed by atoms with Gasteiger partial charge in [-0.15, -0.1) is 0 Å². The molecule has 7 rings (SSSR count). The molecule has 4 aromatic carbocycles. The summed E-state index contributed by atoms with van der Waals surface area (Å²) in [7, 11) is 0. The number of hydrogen-bond acceptors (Lipinski definition) is 1. The highest BCUT2D eigenvalue weighted by Crippen LogP contribution is 2.69. The summed E-state index contributed by atoms with van der Waals surface area (Å²) >= 11 is 0. The van der Waals surface area contributed by atoms with Gasteiger partial charge < -0.3 is 0 Å². The molecule has 1 heteroatoms. The van der Waals surface area contributed by atoms with E-state index in [1.54, 1.807) is 27.8 Å². The Balaban J connectivity index is 1.88. The van der Waals surface area contributed by atoms with Crippen molar-refractivity contribution in [3.8, 4) is 22.3 Å². The second kappa shape index (κ2) is 9.68. The third-order valence-corrected chi connectivity index (χ3v) is 13.9. The highest BCUT2D eigenvalue weighted by Gasteiger charge is 2.57. The molecule has 4 aromatic rings. The van der Waals surface area contributed by atoms with Crippen LogP contribution in [0.25, 0.3) is 22.3 Å². The number of likely N-dealkylation sites (tertiary alicyclic amines) is 1. The summed E-state index contributed by atoms with van der Waals surface area (Å²) in [4.78, 5) is 2.69. The topological polar surface area (TPSA) is 3.24 Å². The van der Waals surface area contributed by atoms with Crippen molar-refractivity contribution in [1.29, 1.82) is 0 Å². The van der Waals surface area contributed by atoms with Crippen LogP contribution in [0, 0.1) is 104 Å². The monoisotopic (exact) mass is 595 g/mol. The van der Waals surface area contributed by atoms with Gasteiger partial charge in [-0.05, 0) is 257 Å². The van der Waals surface area contributed by atoms with E-state index in [2.05, 4.69) is 109 Å². The average Bonchev–Trinajstić information content (AvgIpc) is 3.48. The van der Waals surface area contributed by atoms with Gasteiger partial charge in [-0.3, -0.25) is 4.90 Å². The average molecular weight is 596 g/mol. The largest absolute Gasteiger partial charge is 0.299 e. The molecule has 1 saturated heterocycles. The Bertz CT molecular complexity index is 1940. The number of rotatable bonds is 2. The highest BCUT2D eigenvalue weighted by molar-refractivity contribution is 6.02. The van der Waals surface area contributed by atoms with Crippen LogP contribution in [0.5, 0.6) is 0 Å². The number of fused-ring (bicyclic) bond motifs is 10. The van der Waals surface area contributed by atoms with Crippen LogP contribution < -0.4 is 0 Å². The van der Waals surface area contributed by atoms with Gasteiger partial charge >= 0.3 is 0 Å². The Hall–Kier alpha value is -3.16. The van der Waals surface area contributed by atoms with Crippen molar-refractivity contribution in [2.75, 3.05) is 13.1 Å². The van der Waals surface area contributed by atoms with E-state index in [-0.39, 0.29) is 5.41 Å². The molecule has 0 N–H and O–H groups in total. The summed E-state index contributed by atoms with van der Waals surface area (Å²) in [6.45, 7) is 39.5. The molecule has 1 nitrogen and oxygen atoms in total. The second-order valence-corrected chi connectivity index (χ2v) is 15.2. The van der Waals surface area contributed by atoms with Gasteiger partial charge in [-0.25, -0.2) is 0 Å². The summed E-state index contributed by atoms with van der Waals surface area (Å²) in [5.41, 5.74) is 35.7. The van der Waals surface area contributed by atoms with E-state index in [0.29, 0.717) is 0 Å². The molecule has 234 valence electrons. The van der Waals surface area contributed by atoms with Crippen LogP contribution in [-0.2, 0) is 12.0 Å². The van der Waals surface area contributed by atoms with Crippen molar-refractivity contribution in [3.05, 3.63) is 111 Å². The maximum atomic E-state index is 2.69. The number of hydrogen-bond donors (Lipinski definition) is 0. The molecule has 0 radical (unpaired) electrons. The summed E-state index contributed by atoms with van der Waals surface area (Å²) in [5.74, 6) is 0. The van der Waals surface area contributed by atoms with Crippen molar-refractivity contribution in [3.63, 3.8) is 0 Å². The van der Waals surface area contributed by atoms with E-state index in [1.165, 1.54) is 125 Å². The molecule has 1 aliphatic heterocycles. The Morgan fingerprint density at radius 2 is 0.644 bits per heavy atom. The van der Waals surface area contributed by atoms with E-state index in [0.717, 1.165) is 6.54 Å². The molecule has 0 bridgehead atoms. The second-order valence-electron chi connectivity index (χ2n) is 15.2. The Kier molecular flexibility index (Phi) is 6.56. The van der Waals surface area contributed by atoms with Crippen LogP contribution in [0.3, 0.4) is 0 Å². The first-order valence-corrected chi connectivity index (χ1v) is 17.3. The molecule has 3 aliphatic rings. The van der Waals surface area contributed by atoms with Crippen LogP contribution in [0.1, 0.15) is 118 Å². The first-order valence-electron chi connectivity index (χ1n) is 17.3. The van der Waals surface area contributed by atoms with Crippen molar-refractivity contribution in [1.82, 2.24) is 4.90 Å². The third-order valence-electron chi connectivity index (χ3n) is 13.9. The van der Waals surface area contributed by atoms with Crippen LogP contribution in [0.4, 0.5) is 0 Å². The summed E-state index contributed by atoms with van der Waals surface area (Å²) in [6, 6.07) is 0. The Morgan fingerprint density at radius 1 is 0.356 bits per heavy atom. The van der Waals surface area contributed by atoms with Gasteiger partial charge in [0, 0.05) is 6.54 Å². The predicted molar refractivity (Wildman–Crippen MR) is 194 cm³/mol. The third kappa shape index (κ3) is 3.39. The van der Waals surface area contributed by atoms with Crippen molar-refractivity contribution < 1.29 is 0 Å². The summed E-state index contributed by atoms with van der Waals surface area (Å²) in [5, 5.41) is 0. The summed E-state index contributed by atoms with van der Waals surface area (Å²) < 4.78 is 0. The van der Waals surface area contributed by atoms with Gasteiger partial charge in [-0.1, -0.05) is 0 Å². The first-order chi connectivity index (χ1) is 21.1. The van der Waals surface area contributed by atoms with Crippen molar-refractivity contribution >= 4 is 0 Å². The normalized spacial score (nSPS) is 15.8. The molecule has 1 spiro atoms. The van der Waals surface area contributed by atoms with E-state index < -0.39 is 0 Å². The lowest BCUT2D eigenvalue weighted by atomic mass is 9.63. The lowest BCUT2D eigenvalue weighted by Gasteiger charge is -2.39. The van der Waals surface area contributed by atoms with Crippen molar-refractivity contribution in [2.24, 2.45) is 0 Å². The molecule has 1 fully saturated rings. The number of nitrogens with zero attached hydrogens (tertiary/aromatic N) is 1. The summed E-state index contributed by atoms with van der Waals surface area (Å²) in [6.07, 6.45) is 1.31. The smallest absolute Gasteiger partial charge is 0.0737 e. The number of benzene rings is 4. The molecule has 0 unspecified atom stereocenters. The first kappa shape index (κ1) is 30.5. The Morgan fingerprint density at radius 3 is 0.956 bits per heavy atom. The van der Waals surface area contributed by atoms with Gasteiger partial charge in [0.25, 0.3) is 0 Å². The van der Waals surface area contributed by atoms with E-state index in [1.807, 2.05) is 0 Å². The minimum atomic E-state index is -0.341. The standard InChI is InChI=1S/C44H53N/c1-20-23(4)32(13)40-36(28(20)9)37-29(10)21(2)24(5)33(14)41(37)44(40)42-34(15)25(6)22(3)30(11)38(42)39-31(12)26(7)27(8)35(43(39)44)19-45-17-16-18-45/h16-19H2,1-15H3. The molecule has 0 saturated carbocycles. The van der Waals surface area contributed by atoms with Gasteiger partial charge in [0.15, 0.2) is 0 Å². The Labute approximate surface area is 273 Å². The quantitative estimate of drug-likeness (QED) is 0.192. The zero-order chi connectivity index (χ0) is 32.8. The molecular weight excluding hydrogens is 542 g/mol. The molecule has 2 aliphatic carbocycles. The predicted octanol–water partition coefficient (Wildman–Crippen LogP) is 10.9. The van der Waals surface area contributed by atoms with Crippen LogP contribution >= 0.6 is 0 Å². The van der Waals surface area contributed by atoms with Gasteiger partial charge in [0.05, 0.1) is 5.41 Å². The van der Waals surface area contributed by atoms with Crippen LogP contribution in [0.15, 0.2) is 0 Å². The fraction of sp³-hybridized carbons (Fsp3) is 0.455. The fourth-order valence-electron chi connectivity index (χ4n) is 9.94. The minimum Gasteiger partial charge on any atom is -0.299 e. The van der Waals surface area contributed by atoms with Gasteiger partial charge in [-0.2, -0.15) is 0 Å². The lowest BCUT2D eigenvalue weighted by molar-refractivity contribution is 0.171. The van der Waals surface area contributed by atoms with Crippen LogP contribution in [-0.4, -0.2) is 18.0 Å². The van der Waals surface area contributed by atoms with E-state index in [4.69, 9.17) is 0 Å². The highest BCUT2D eigenvalue weighted by atomic mass is 15.2. The molecular formula is C44H53N. The maximum Gasteiger partial charge on any atom is 0.0737 e. The molecule has 0 amide bonds. The molecule has 45 heavy (non-hydrogen) atoms. The molecule has 0 aromatic heterocycles. The minimum absolute atomic E-state index is 0.341.